The minimum absolute atomic E-state index is 0.446. The Labute approximate surface area is 114 Å². The number of aromatic nitrogens is 1. The van der Waals surface area contributed by atoms with Crippen molar-refractivity contribution in [1.29, 1.82) is 0 Å². The highest BCUT2D eigenvalue weighted by atomic mass is 79.9. The Bertz CT molecular complexity index is 513. The van der Waals surface area contributed by atoms with Gasteiger partial charge in [0.05, 0.1) is 0 Å². The van der Waals surface area contributed by atoms with Crippen LogP contribution in [-0.4, -0.2) is 4.98 Å². The largest absolute Gasteiger partial charge is 0.472 e. The summed E-state index contributed by atoms with van der Waals surface area (Å²) >= 11 is 9.38. The van der Waals surface area contributed by atoms with Crippen molar-refractivity contribution in [2.75, 3.05) is 0 Å². The number of nitrogens with zero attached hydrogens (tertiary/aromatic N) is 1. The lowest BCUT2D eigenvalue weighted by Crippen LogP contribution is -1.98. The molecule has 0 aliphatic heterocycles. The molecule has 0 bridgehead atoms. The van der Waals surface area contributed by atoms with Crippen LogP contribution in [0.5, 0.6) is 5.88 Å². The number of hydrogen-bond donors (Lipinski definition) is 0. The van der Waals surface area contributed by atoms with Crippen LogP contribution in [-0.2, 0) is 6.61 Å². The average Bonchev–Trinajstić information content (AvgIpc) is 2.33. The maximum absolute atomic E-state index is 6.05. The Morgan fingerprint density at radius 3 is 2.65 bits per heavy atom. The minimum Gasteiger partial charge on any atom is -0.472 e. The minimum atomic E-state index is 0.446. The molecule has 2 aromatic rings. The fourth-order valence-corrected chi connectivity index (χ4v) is 1.79. The van der Waals surface area contributed by atoms with E-state index >= 15 is 0 Å². The first kappa shape index (κ1) is 12.4. The molecule has 0 atom stereocenters. The van der Waals surface area contributed by atoms with Crippen LogP contribution in [0.1, 0.15) is 11.1 Å². The molecule has 0 saturated carbocycles. The quantitative estimate of drug-likeness (QED) is 0.839. The van der Waals surface area contributed by atoms with Crippen LogP contribution in [0, 0.1) is 6.92 Å². The van der Waals surface area contributed by atoms with Gasteiger partial charge in [0.2, 0.25) is 5.88 Å². The molecule has 1 aromatic heterocycles. The van der Waals surface area contributed by atoms with Gasteiger partial charge in [-0.05, 0) is 34.5 Å². The van der Waals surface area contributed by atoms with Gasteiger partial charge in [-0.2, -0.15) is 0 Å². The van der Waals surface area contributed by atoms with Crippen LogP contribution in [0.2, 0.25) is 5.02 Å². The van der Waals surface area contributed by atoms with Crippen LogP contribution < -0.4 is 4.74 Å². The highest BCUT2D eigenvalue weighted by Gasteiger charge is 2.06. The van der Waals surface area contributed by atoms with E-state index in [0.29, 0.717) is 17.5 Å². The van der Waals surface area contributed by atoms with Gasteiger partial charge in [-0.15, -0.1) is 0 Å². The third-order valence-corrected chi connectivity index (χ3v) is 3.56. The highest BCUT2D eigenvalue weighted by Crippen LogP contribution is 2.29. The van der Waals surface area contributed by atoms with Crippen LogP contribution >= 0.6 is 27.5 Å². The fourth-order valence-electron chi connectivity index (χ4n) is 1.34. The molecule has 0 aliphatic carbocycles. The van der Waals surface area contributed by atoms with Gasteiger partial charge >= 0.3 is 0 Å². The summed E-state index contributed by atoms with van der Waals surface area (Å²) in [7, 11) is 0. The highest BCUT2D eigenvalue weighted by molar-refractivity contribution is 9.10. The first-order valence-corrected chi connectivity index (χ1v) is 6.32. The summed E-state index contributed by atoms with van der Waals surface area (Å²) in [5, 5.41) is 0.500. The Balaban J connectivity index is 2.07. The maximum atomic E-state index is 6.05. The monoisotopic (exact) mass is 311 g/mol. The Hall–Kier alpha value is -1.06. The van der Waals surface area contributed by atoms with Crippen molar-refractivity contribution in [2.45, 2.75) is 13.5 Å². The van der Waals surface area contributed by atoms with Crippen LogP contribution in [0.3, 0.4) is 0 Å². The predicted octanol–water partition coefficient (Wildman–Crippen LogP) is 4.38. The summed E-state index contributed by atoms with van der Waals surface area (Å²) in [5.41, 5.74) is 2.32. The van der Waals surface area contributed by atoms with Gasteiger partial charge < -0.3 is 4.74 Å². The summed E-state index contributed by atoms with van der Waals surface area (Å²) in [6.45, 7) is 2.51. The molecule has 0 saturated heterocycles. The van der Waals surface area contributed by atoms with Gasteiger partial charge in [-0.1, -0.05) is 41.4 Å². The van der Waals surface area contributed by atoms with E-state index in [9.17, 15) is 0 Å². The zero-order valence-corrected chi connectivity index (χ0v) is 11.6. The van der Waals surface area contributed by atoms with Crippen molar-refractivity contribution in [2.24, 2.45) is 0 Å². The molecular formula is C13H11BrClNO. The molecule has 2 nitrogen and oxygen atoms in total. The molecule has 0 N–H and O–H groups in total. The Morgan fingerprint density at radius 1 is 1.24 bits per heavy atom. The molecule has 0 fully saturated rings. The van der Waals surface area contributed by atoms with E-state index in [2.05, 4.69) is 40.0 Å². The van der Waals surface area contributed by atoms with E-state index in [1.807, 2.05) is 12.1 Å². The maximum Gasteiger partial charge on any atom is 0.234 e. The van der Waals surface area contributed by atoms with E-state index in [1.54, 1.807) is 12.3 Å². The third kappa shape index (κ3) is 3.20. The molecule has 0 aliphatic rings. The number of pyridine rings is 1. The second-order valence-electron chi connectivity index (χ2n) is 3.69. The second kappa shape index (κ2) is 5.52. The summed E-state index contributed by atoms with van der Waals surface area (Å²) in [4.78, 5) is 4.09. The molecule has 0 amide bonds. The molecule has 1 aromatic carbocycles. The molecule has 17 heavy (non-hydrogen) atoms. The van der Waals surface area contributed by atoms with Gasteiger partial charge in [0.1, 0.15) is 11.6 Å². The van der Waals surface area contributed by atoms with Gasteiger partial charge in [-0.3, -0.25) is 0 Å². The Kier molecular flexibility index (Phi) is 4.02. The zero-order chi connectivity index (χ0) is 12.3. The topological polar surface area (TPSA) is 22.1 Å². The first-order valence-electron chi connectivity index (χ1n) is 5.15. The lowest BCUT2D eigenvalue weighted by Gasteiger charge is -2.07. The van der Waals surface area contributed by atoms with Crippen molar-refractivity contribution < 1.29 is 4.74 Å². The predicted molar refractivity (Wildman–Crippen MR) is 72.5 cm³/mol. The van der Waals surface area contributed by atoms with Crippen molar-refractivity contribution in [1.82, 2.24) is 4.98 Å². The lowest BCUT2D eigenvalue weighted by molar-refractivity contribution is 0.294. The third-order valence-electron chi connectivity index (χ3n) is 2.31. The molecule has 1 heterocycles. The normalized spacial score (nSPS) is 10.3. The summed E-state index contributed by atoms with van der Waals surface area (Å²) in [5.74, 6) is 0.446. The van der Waals surface area contributed by atoms with Crippen LogP contribution in [0.4, 0.5) is 0 Å². The van der Waals surface area contributed by atoms with Crippen molar-refractivity contribution in [3.8, 4) is 5.88 Å². The molecule has 2 rings (SSSR count). The number of halogens is 2. The molecule has 4 heteroatoms. The number of hydrogen-bond acceptors (Lipinski definition) is 2. The fraction of sp³-hybridized carbons (Fsp3) is 0.154. The van der Waals surface area contributed by atoms with Crippen molar-refractivity contribution in [3.05, 3.63) is 57.2 Å². The smallest absolute Gasteiger partial charge is 0.234 e. The number of rotatable bonds is 3. The standard InChI is InChI=1S/C13H11BrClNO/c1-9-2-4-10(5-3-9)8-17-13-12(15)11(14)6-7-16-13/h2-7H,8H2,1H3. The zero-order valence-electron chi connectivity index (χ0n) is 9.28. The number of aryl methyl sites for hydroxylation is 1. The molecule has 0 unspecified atom stereocenters. The van der Waals surface area contributed by atoms with Gasteiger partial charge in [0.25, 0.3) is 0 Å². The number of benzene rings is 1. The van der Waals surface area contributed by atoms with Crippen LogP contribution in [0.15, 0.2) is 41.0 Å². The van der Waals surface area contributed by atoms with Crippen molar-refractivity contribution >= 4 is 27.5 Å². The van der Waals surface area contributed by atoms with Gasteiger partial charge in [-0.25, -0.2) is 4.98 Å². The molecule has 0 spiro atoms. The van der Waals surface area contributed by atoms with E-state index in [1.165, 1.54) is 5.56 Å². The average molecular weight is 313 g/mol. The number of ether oxygens (including phenoxy) is 1. The second-order valence-corrected chi connectivity index (χ2v) is 4.92. The summed E-state index contributed by atoms with van der Waals surface area (Å²) < 4.78 is 6.36. The Morgan fingerprint density at radius 2 is 1.94 bits per heavy atom. The van der Waals surface area contributed by atoms with Crippen LogP contribution in [0.25, 0.3) is 0 Å². The molecule has 88 valence electrons. The SMILES string of the molecule is Cc1ccc(COc2nccc(Br)c2Cl)cc1. The van der Waals surface area contributed by atoms with E-state index in [4.69, 9.17) is 16.3 Å². The molecule has 0 radical (unpaired) electrons. The van der Waals surface area contributed by atoms with Crippen molar-refractivity contribution in [3.63, 3.8) is 0 Å². The van der Waals surface area contributed by atoms with E-state index in [-0.39, 0.29) is 0 Å². The summed E-state index contributed by atoms with van der Waals surface area (Å²) in [6.07, 6.45) is 1.65. The molecular weight excluding hydrogens is 302 g/mol. The van der Waals surface area contributed by atoms with E-state index in [0.717, 1.165) is 10.0 Å². The van der Waals surface area contributed by atoms with E-state index < -0.39 is 0 Å². The van der Waals surface area contributed by atoms with Gasteiger partial charge in [0, 0.05) is 10.7 Å². The van der Waals surface area contributed by atoms with Gasteiger partial charge in [0.15, 0.2) is 0 Å². The summed E-state index contributed by atoms with van der Waals surface area (Å²) in [6, 6.07) is 9.94. The lowest BCUT2D eigenvalue weighted by atomic mass is 10.2. The first-order chi connectivity index (χ1) is 8.16.